The highest BCUT2D eigenvalue weighted by Crippen LogP contribution is 2.38. The van der Waals surface area contributed by atoms with Crippen molar-refractivity contribution < 1.29 is 27.4 Å². The van der Waals surface area contributed by atoms with Gasteiger partial charge < -0.3 is 15.2 Å². The summed E-state index contributed by atoms with van der Waals surface area (Å²) >= 11 is 0. The Bertz CT molecular complexity index is 1270. The number of pyridine rings is 1. The molecule has 36 heavy (non-hydrogen) atoms. The van der Waals surface area contributed by atoms with E-state index >= 15 is 0 Å². The number of carbonyl (C=O) groups excluding carboxylic acids is 1. The van der Waals surface area contributed by atoms with Crippen molar-refractivity contribution >= 4 is 15.7 Å². The fourth-order valence-corrected chi connectivity index (χ4v) is 7.13. The minimum Gasteiger partial charge on any atom is -0.478 e. The first-order valence-corrected chi connectivity index (χ1v) is 14.2. The number of ether oxygens (including phenoxy) is 1. The molecule has 9 nitrogen and oxygen atoms in total. The van der Waals surface area contributed by atoms with Crippen molar-refractivity contribution in [3.63, 3.8) is 0 Å². The molecule has 1 aliphatic carbocycles. The van der Waals surface area contributed by atoms with Crippen molar-refractivity contribution in [3.05, 3.63) is 29.3 Å². The Balaban J connectivity index is 1.70. The molecular formula is C25H35FN4O5S. The van der Waals surface area contributed by atoms with Gasteiger partial charge in [0.1, 0.15) is 0 Å². The van der Waals surface area contributed by atoms with E-state index in [1.54, 1.807) is 25.5 Å². The van der Waals surface area contributed by atoms with Crippen molar-refractivity contribution in [2.75, 3.05) is 18.1 Å². The Kier molecular flexibility index (Phi) is 6.93. The van der Waals surface area contributed by atoms with Gasteiger partial charge in [-0.25, -0.2) is 17.8 Å². The van der Waals surface area contributed by atoms with Gasteiger partial charge in [0, 0.05) is 35.2 Å². The molecular weight excluding hydrogens is 487 g/mol. The molecule has 1 saturated heterocycles. The topological polar surface area (TPSA) is 123 Å². The number of hydrogen-bond acceptors (Lipinski definition) is 7. The van der Waals surface area contributed by atoms with Crippen LogP contribution in [-0.2, 0) is 27.5 Å². The summed E-state index contributed by atoms with van der Waals surface area (Å²) in [4.78, 5) is 17.2. The molecule has 3 atom stereocenters. The first-order valence-electron chi connectivity index (χ1n) is 12.4. The summed E-state index contributed by atoms with van der Waals surface area (Å²) in [6.07, 6.45) is 2.85. The van der Waals surface area contributed by atoms with E-state index in [-0.39, 0.29) is 23.0 Å². The predicted molar refractivity (Wildman–Crippen MR) is 133 cm³/mol. The number of rotatable bonds is 7. The average molecular weight is 523 g/mol. The summed E-state index contributed by atoms with van der Waals surface area (Å²) in [7, 11) is -3.16. The van der Waals surface area contributed by atoms with Crippen LogP contribution in [0.1, 0.15) is 64.8 Å². The highest BCUT2D eigenvalue weighted by atomic mass is 32.2. The van der Waals surface area contributed by atoms with Crippen LogP contribution in [-0.4, -0.2) is 63.4 Å². The zero-order valence-corrected chi connectivity index (χ0v) is 22.3. The van der Waals surface area contributed by atoms with Crippen molar-refractivity contribution in [2.45, 2.75) is 77.5 Å². The number of halogens is 1. The molecule has 0 spiro atoms. The van der Waals surface area contributed by atoms with Crippen LogP contribution < -0.4 is 10.1 Å². The summed E-state index contributed by atoms with van der Waals surface area (Å²) in [5, 5.41) is 18.5. The number of sulfone groups is 1. The molecule has 1 aliphatic heterocycles. The molecule has 3 heterocycles. The van der Waals surface area contributed by atoms with Gasteiger partial charge in [-0.3, -0.25) is 9.48 Å². The zero-order chi connectivity index (χ0) is 26.5. The second-order valence-electron chi connectivity index (χ2n) is 10.8. The van der Waals surface area contributed by atoms with Crippen molar-refractivity contribution in [1.82, 2.24) is 20.1 Å². The summed E-state index contributed by atoms with van der Waals surface area (Å²) in [6.45, 7) is 9.17. The molecule has 198 valence electrons. The lowest BCUT2D eigenvalue weighted by Gasteiger charge is -2.31. The molecule has 2 aromatic rings. The van der Waals surface area contributed by atoms with Crippen LogP contribution in [0.15, 0.2) is 12.3 Å². The van der Waals surface area contributed by atoms with Crippen LogP contribution in [0.2, 0.25) is 0 Å². The van der Waals surface area contributed by atoms with E-state index < -0.39 is 38.8 Å². The van der Waals surface area contributed by atoms with Crippen molar-refractivity contribution in [2.24, 2.45) is 5.92 Å². The van der Waals surface area contributed by atoms with Gasteiger partial charge >= 0.3 is 0 Å². The maximum Gasteiger partial charge on any atom is 0.223 e. The fraction of sp³-hybridized carbons (Fsp3) is 0.640. The van der Waals surface area contributed by atoms with E-state index in [1.807, 2.05) is 13.8 Å². The van der Waals surface area contributed by atoms with Gasteiger partial charge in [0.05, 0.1) is 47.2 Å². The first kappa shape index (κ1) is 26.5. The fourth-order valence-electron chi connectivity index (χ4n) is 5.03. The van der Waals surface area contributed by atoms with Crippen LogP contribution >= 0.6 is 0 Å². The van der Waals surface area contributed by atoms with Crippen LogP contribution in [0, 0.1) is 11.7 Å². The number of fused-ring (bicyclic) bond motifs is 1. The third-order valence-corrected chi connectivity index (χ3v) is 9.27. The lowest BCUT2D eigenvalue weighted by atomic mass is 9.84. The van der Waals surface area contributed by atoms with Crippen LogP contribution in [0.5, 0.6) is 5.88 Å². The van der Waals surface area contributed by atoms with E-state index in [0.29, 0.717) is 43.9 Å². The van der Waals surface area contributed by atoms with E-state index in [9.17, 15) is 22.7 Å². The molecule has 0 radical (unpaired) electrons. The van der Waals surface area contributed by atoms with Crippen LogP contribution in [0.25, 0.3) is 11.3 Å². The molecule has 0 aromatic carbocycles. The second-order valence-corrected chi connectivity index (χ2v) is 13.0. The summed E-state index contributed by atoms with van der Waals surface area (Å²) < 4.78 is 46.0. The molecule has 0 bridgehead atoms. The Morgan fingerprint density at radius 3 is 2.78 bits per heavy atom. The molecule has 1 fully saturated rings. The van der Waals surface area contributed by atoms with E-state index in [0.717, 1.165) is 17.5 Å². The van der Waals surface area contributed by atoms with E-state index in [2.05, 4.69) is 10.3 Å². The molecule has 1 unspecified atom stereocenters. The van der Waals surface area contributed by atoms with Crippen LogP contribution in [0.4, 0.5) is 4.39 Å². The van der Waals surface area contributed by atoms with E-state index in [1.165, 1.54) is 6.07 Å². The number of nitrogens with zero attached hydrogens (tertiary/aromatic N) is 3. The monoisotopic (exact) mass is 522 g/mol. The number of nitrogens with one attached hydrogen (secondary N) is 1. The van der Waals surface area contributed by atoms with E-state index in [4.69, 9.17) is 9.84 Å². The minimum absolute atomic E-state index is 0.0645. The third kappa shape index (κ3) is 5.27. The van der Waals surface area contributed by atoms with Crippen molar-refractivity contribution in [1.29, 1.82) is 0 Å². The molecule has 1 amide bonds. The Morgan fingerprint density at radius 2 is 2.17 bits per heavy atom. The summed E-state index contributed by atoms with van der Waals surface area (Å²) in [6, 6.07) is 1.08. The average Bonchev–Trinajstić information content (AvgIpc) is 3.29. The molecule has 0 saturated carbocycles. The number of amides is 1. The Morgan fingerprint density at radius 1 is 1.44 bits per heavy atom. The highest BCUT2D eigenvalue weighted by Gasteiger charge is 2.42. The van der Waals surface area contributed by atoms with Gasteiger partial charge in [0.15, 0.2) is 15.7 Å². The minimum atomic E-state index is -3.16. The number of aliphatic hydroxyl groups is 1. The predicted octanol–water partition coefficient (Wildman–Crippen LogP) is 2.61. The Labute approximate surface area is 211 Å². The van der Waals surface area contributed by atoms with Gasteiger partial charge in [0.25, 0.3) is 0 Å². The first-order chi connectivity index (χ1) is 16.7. The number of aromatic nitrogens is 3. The normalized spacial score (nSPS) is 24.2. The SMILES string of the molecule is CCOc1cc(-c2nn(C(C)C(C)(C)O)c3c2CC[C@@H](C(=O)N[C@@]2(C)CCS(=O)(=O)C2)C3)c(F)cn1. The zero-order valence-electron chi connectivity index (χ0n) is 21.5. The number of hydrogen-bond donors (Lipinski definition) is 2. The summed E-state index contributed by atoms with van der Waals surface area (Å²) in [5.41, 5.74) is 0.414. The molecule has 4 rings (SSSR count). The highest BCUT2D eigenvalue weighted by molar-refractivity contribution is 7.91. The van der Waals surface area contributed by atoms with Crippen molar-refractivity contribution in [3.8, 4) is 17.1 Å². The second kappa shape index (κ2) is 9.41. The van der Waals surface area contributed by atoms with Gasteiger partial charge in [-0.2, -0.15) is 5.10 Å². The molecule has 11 heteroatoms. The molecule has 2 N–H and O–H groups in total. The lowest BCUT2D eigenvalue weighted by Crippen LogP contribution is -2.50. The largest absolute Gasteiger partial charge is 0.478 e. The maximum atomic E-state index is 14.9. The standard InChI is InChI=1S/C25H35FN4O5S/c1-6-35-21-12-18(19(26)13-27-21)22-17-8-7-16(11-20(17)30(29-22)15(2)24(3,4)32)23(31)28-25(5)9-10-36(33,34)14-25/h12-13,15-16,32H,6-11,14H2,1-5H3,(H,28,31)/t15?,16-,25+/m1/s1. The van der Waals surface area contributed by atoms with Gasteiger partial charge in [0.2, 0.25) is 11.8 Å². The Hall–Kier alpha value is -2.53. The number of carbonyl (C=O) groups is 1. The van der Waals surface area contributed by atoms with Gasteiger partial charge in [-0.15, -0.1) is 0 Å². The molecule has 2 aliphatic rings. The lowest BCUT2D eigenvalue weighted by molar-refractivity contribution is -0.127. The quantitative estimate of drug-likeness (QED) is 0.573. The third-order valence-electron chi connectivity index (χ3n) is 7.37. The maximum absolute atomic E-state index is 14.9. The van der Waals surface area contributed by atoms with Gasteiger partial charge in [-0.05, 0) is 53.9 Å². The summed E-state index contributed by atoms with van der Waals surface area (Å²) in [5.74, 6) is -0.822. The van der Waals surface area contributed by atoms with Crippen LogP contribution in [0.3, 0.4) is 0 Å². The van der Waals surface area contributed by atoms with Gasteiger partial charge in [-0.1, -0.05) is 0 Å². The molecule has 2 aromatic heterocycles. The smallest absolute Gasteiger partial charge is 0.223 e.